The molecule has 2 N–H and O–H groups in total. The normalized spacial score (nSPS) is 10.2. The van der Waals surface area contributed by atoms with Gasteiger partial charge in [0.05, 0.1) is 17.4 Å². The lowest BCUT2D eigenvalue weighted by molar-refractivity contribution is 0.0474. The van der Waals surface area contributed by atoms with Crippen molar-refractivity contribution in [2.45, 2.75) is 6.61 Å². The molecule has 0 aliphatic rings. The number of benzene rings is 1. The Morgan fingerprint density at radius 2 is 2.05 bits per heavy atom. The highest BCUT2D eigenvalue weighted by atomic mass is 35.5. The maximum atomic E-state index is 11.9. The van der Waals surface area contributed by atoms with Crippen LogP contribution in [0.2, 0.25) is 10.2 Å². The summed E-state index contributed by atoms with van der Waals surface area (Å²) in [5, 5.41) is 0.718. The summed E-state index contributed by atoms with van der Waals surface area (Å²) in [5.74, 6) is -0.568. The Kier molecular flexibility index (Phi) is 4.24. The number of hydrogen-bond donors (Lipinski definition) is 1. The zero-order valence-electron chi connectivity index (χ0n) is 9.77. The Balaban J connectivity index is 2.10. The van der Waals surface area contributed by atoms with Crippen molar-refractivity contribution in [1.82, 2.24) is 4.98 Å². The molecule has 0 amide bonds. The third kappa shape index (κ3) is 3.36. The maximum absolute atomic E-state index is 11.9. The molecule has 2 aromatic rings. The zero-order chi connectivity index (χ0) is 13.8. The SMILES string of the molecule is Nc1cnc(Cl)cc1C(=O)OCc1ccccc1Cl. The summed E-state index contributed by atoms with van der Waals surface area (Å²) in [6.45, 7) is 0.0673. The summed E-state index contributed by atoms with van der Waals surface area (Å²) in [4.78, 5) is 15.6. The van der Waals surface area contributed by atoms with E-state index < -0.39 is 5.97 Å². The first kappa shape index (κ1) is 13.6. The van der Waals surface area contributed by atoms with E-state index in [1.54, 1.807) is 18.2 Å². The van der Waals surface area contributed by atoms with Crippen LogP contribution in [0, 0.1) is 0 Å². The second-order valence-electron chi connectivity index (χ2n) is 3.76. The van der Waals surface area contributed by atoms with Gasteiger partial charge >= 0.3 is 5.97 Å². The smallest absolute Gasteiger partial charge is 0.340 e. The number of carbonyl (C=O) groups excluding carboxylic acids is 1. The van der Waals surface area contributed by atoms with Crippen LogP contribution in [0.15, 0.2) is 36.5 Å². The topological polar surface area (TPSA) is 65.2 Å². The lowest BCUT2D eigenvalue weighted by atomic mass is 10.2. The molecule has 0 aliphatic carbocycles. The molecule has 0 fully saturated rings. The fraction of sp³-hybridized carbons (Fsp3) is 0.0769. The minimum absolute atomic E-state index is 0.0673. The van der Waals surface area contributed by atoms with Gasteiger partial charge in [0, 0.05) is 10.6 Å². The van der Waals surface area contributed by atoms with Crippen molar-refractivity contribution in [2.75, 3.05) is 5.73 Å². The number of esters is 1. The third-order valence-electron chi connectivity index (χ3n) is 2.44. The third-order valence-corrected chi connectivity index (χ3v) is 3.01. The molecule has 1 aromatic carbocycles. The van der Waals surface area contributed by atoms with Crippen molar-refractivity contribution < 1.29 is 9.53 Å². The number of nitrogen functional groups attached to an aromatic ring is 1. The van der Waals surface area contributed by atoms with Crippen LogP contribution >= 0.6 is 23.2 Å². The van der Waals surface area contributed by atoms with Crippen molar-refractivity contribution in [3.63, 3.8) is 0 Å². The number of ether oxygens (including phenoxy) is 1. The molecule has 0 saturated heterocycles. The maximum Gasteiger partial charge on any atom is 0.340 e. The van der Waals surface area contributed by atoms with Crippen LogP contribution in [0.5, 0.6) is 0 Å². The van der Waals surface area contributed by atoms with Gasteiger partial charge in [-0.15, -0.1) is 0 Å². The van der Waals surface area contributed by atoms with Gasteiger partial charge in [0.1, 0.15) is 11.8 Å². The van der Waals surface area contributed by atoms with E-state index in [0.717, 1.165) is 5.56 Å². The van der Waals surface area contributed by atoms with Gasteiger partial charge in [-0.3, -0.25) is 0 Å². The number of rotatable bonds is 3. The molecule has 19 heavy (non-hydrogen) atoms. The predicted molar refractivity (Wildman–Crippen MR) is 74.2 cm³/mol. The van der Waals surface area contributed by atoms with Gasteiger partial charge < -0.3 is 10.5 Å². The number of anilines is 1. The molecule has 0 bridgehead atoms. The second-order valence-corrected chi connectivity index (χ2v) is 4.56. The van der Waals surface area contributed by atoms with E-state index in [1.807, 2.05) is 6.07 Å². The molecule has 98 valence electrons. The zero-order valence-corrected chi connectivity index (χ0v) is 11.3. The monoisotopic (exact) mass is 296 g/mol. The lowest BCUT2D eigenvalue weighted by Crippen LogP contribution is -2.09. The van der Waals surface area contributed by atoms with Crippen LogP contribution in [0.3, 0.4) is 0 Å². The number of halogens is 2. The van der Waals surface area contributed by atoms with E-state index in [2.05, 4.69) is 4.98 Å². The second kappa shape index (κ2) is 5.91. The largest absolute Gasteiger partial charge is 0.457 e. The number of aromatic nitrogens is 1. The Hall–Kier alpha value is -1.78. The van der Waals surface area contributed by atoms with Gasteiger partial charge in [0.15, 0.2) is 0 Å². The molecule has 4 nitrogen and oxygen atoms in total. The molecular formula is C13H10Cl2N2O2. The number of nitrogens with two attached hydrogens (primary N) is 1. The summed E-state index contributed by atoms with van der Waals surface area (Å²) >= 11 is 11.7. The highest BCUT2D eigenvalue weighted by molar-refractivity contribution is 6.31. The Labute approximate surface area is 120 Å². The molecule has 0 saturated carbocycles. The molecular weight excluding hydrogens is 287 g/mol. The van der Waals surface area contributed by atoms with Crippen LogP contribution in [0.4, 0.5) is 5.69 Å². The Morgan fingerprint density at radius 3 is 2.79 bits per heavy atom. The highest BCUT2D eigenvalue weighted by Gasteiger charge is 2.13. The molecule has 2 rings (SSSR count). The van der Waals surface area contributed by atoms with Gasteiger partial charge in [0.2, 0.25) is 0 Å². The molecule has 0 unspecified atom stereocenters. The Bertz CT molecular complexity index is 617. The van der Waals surface area contributed by atoms with Gasteiger partial charge in [-0.25, -0.2) is 9.78 Å². The van der Waals surface area contributed by atoms with Crippen molar-refractivity contribution in [3.05, 3.63) is 57.8 Å². The summed E-state index contributed by atoms with van der Waals surface area (Å²) in [5.41, 5.74) is 6.76. The van der Waals surface area contributed by atoms with E-state index in [-0.39, 0.29) is 23.0 Å². The van der Waals surface area contributed by atoms with E-state index in [4.69, 9.17) is 33.7 Å². The average molecular weight is 297 g/mol. The van der Waals surface area contributed by atoms with Gasteiger partial charge in [-0.1, -0.05) is 41.4 Å². The Morgan fingerprint density at radius 1 is 1.32 bits per heavy atom. The van der Waals surface area contributed by atoms with Crippen LogP contribution < -0.4 is 5.73 Å². The van der Waals surface area contributed by atoms with Crippen LogP contribution in [0.25, 0.3) is 0 Å². The molecule has 1 aromatic heterocycles. The van der Waals surface area contributed by atoms with E-state index in [1.165, 1.54) is 12.3 Å². The van der Waals surface area contributed by atoms with E-state index in [9.17, 15) is 4.79 Å². The summed E-state index contributed by atoms with van der Waals surface area (Å²) in [6, 6.07) is 8.48. The van der Waals surface area contributed by atoms with E-state index >= 15 is 0 Å². The lowest BCUT2D eigenvalue weighted by Gasteiger charge is -2.08. The first-order valence-corrected chi connectivity index (χ1v) is 6.15. The molecule has 0 radical (unpaired) electrons. The van der Waals surface area contributed by atoms with Gasteiger partial charge in [-0.2, -0.15) is 0 Å². The van der Waals surface area contributed by atoms with Crippen molar-refractivity contribution >= 4 is 34.9 Å². The van der Waals surface area contributed by atoms with Crippen LogP contribution in [-0.2, 0) is 11.3 Å². The highest BCUT2D eigenvalue weighted by Crippen LogP contribution is 2.19. The molecule has 0 atom stereocenters. The van der Waals surface area contributed by atoms with Crippen molar-refractivity contribution in [3.8, 4) is 0 Å². The van der Waals surface area contributed by atoms with Crippen molar-refractivity contribution in [2.24, 2.45) is 0 Å². The van der Waals surface area contributed by atoms with Crippen molar-refractivity contribution in [1.29, 1.82) is 0 Å². The minimum atomic E-state index is -0.568. The first-order chi connectivity index (χ1) is 9.08. The number of hydrogen-bond acceptors (Lipinski definition) is 4. The summed E-state index contributed by atoms with van der Waals surface area (Å²) in [6.07, 6.45) is 1.31. The van der Waals surface area contributed by atoms with E-state index in [0.29, 0.717) is 5.02 Å². The quantitative estimate of drug-likeness (QED) is 0.697. The summed E-state index contributed by atoms with van der Waals surface area (Å²) < 4.78 is 5.14. The minimum Gasteiger partial charge on any atom is -0.457 e. The van der Waals surface area contributed by atoms with Gasteiger partial charge in [-0.05, 0) is 12.1 Å². The van der Waals surface area contributed by atoms with Crippen LogP contribution in [0.1, 0.15) is 15.9 Å². The molecule has 6 heteroatoms. The standard InChI is InChI=1S/C13H10Cl2N2O2/c14-10-4-2-1-3-8(10)7-19-13(18)9-5-12(15)17-6-11(9)16/h1-6H,7,16H2. The number of pyridine rings is 1. The molecule has 0 spiro atoms. The first-order valence-electron chi connectivity index (χ1n) is 5.39. The predicted octanol–water partition coefficient (Wildman–Crippen LogP) is 3.33. The molecule has 0 aliphatic heterocycles. The van der Waals surface area contributed by atoms with Gasteiger partial charge in [0.25, 0.3) is 0 Å². The fourth-order valence-electron chi connectivity index (χ4n) is 1.45. The number of carbonyl (C=O) groups is 1. The molecule has 1 heterocycles. The average Bonchev–Trinajstić information content (AvgIpc) is 2.40. The van der Waals surface area contributed by atoms with Crippen LogP contribution in [-0.4, -0.2) is 11.0 Å². The fourth-order valence-corrected chi connectivity index (χ4v) is 1.80. The number of nitrogens with zero attached hydrogens (tertiary/aromatic N) is 1. The summed E-state index contributed by atoms with van der Waals surface area (Å²) in [7, 11) is 0.